The summed E-state index contributed by atoms with van der Waals surface area (Å²) in [5.74, 6) is 0. The molecule has 0 bridgehead atoms. The topological polar surface area (TPSA) is 16.1 Å². The number of hydrogen-bond acceptors (Lipinski definition) is 2. The van der Waals surface area contributed by atoms with Crippen molar-refractivity contribution in [3.63, 3.8) is 0 Å². The molecule has 0 atom stereocenters. The van der Waals surface area contributed by atoms with Crippen LogP contribution in [0, 0.1) is 0 Å². The third-order valence-electron chi connectivity index (χ3n) is 4.64. The van der Waals surface area contributed by atoms with Crippen molar-refractivity contribution in [1.82, 2.24) is 4.98 Å². The molecular weight excluding hydrogens is 463 g/mol. The van der Waals surface area contributed by atoms with Crippen LogP contribution in [0.5, 0.6) is 0 Å². The Morgan fingerprint density at radius 2 is 1.06 bits per heavy atom. The maximum Gasteiger partial charge on any atom is 0.417 e. The minimum Gasteiger partial charge on any atom is -0.363 e. The highest BCUT2D eigenvalue weighted by molar-refractivity contribution is 5.48. The number of halogens is 9. The van der Waals surface area contributed by atoms with Gasteiger partial charge in [0.15, 0.2) is 0 Å². The van der Waals surface area contributed by atoms with Crippen molar-refractivity contribution in [1.29, 1.82) is 0 Å². The van der Waals surface area contributed by atoms with Gasteiger partial charge in [0.1, 0.15) is 0 Å². The molecule has 33 heavy (non-hydrogen) atoms. The summed E-state index contributed by atoms with van der Waals surface area (Å²) in [5.41, 5.74) is -3.80. The number of alkyl halides is 9. The van der Waals surface area contributed by atoms with Crippen LogP contribution in [0.3, 0.4) is 0 Å². The summed E-state index contributed by atoms with van der Waals surface area (Å²) in [6, 6.07) is 9.92. The van der Waals surface area contributed by atoms with Crippen LogP contribution in [0.1, 0.15) is 27.8 Å². The fourth-order valence-electron chi connectivity index (χ4n) is 3.16. The quantitative estimate of drug-likeness (QED) is 0.357. The van der Waals surface area contributed by atoms with Crippen LogP contribution in [0.25, 0.3) is 0 Å². The van der Waals surface area contributed by atoms with Gasteiger partial charge in [-0.15, -0.1) is 0 Å². The molecule has 0 unspecified atom stereocenters. The van der Waals surface area contributed by atoms with Gasteiger partial charge in [0, 0.05) is 31.2 Å². The molecular formula is C22H15F9N2. The second kappa shape index (κ2) is 8.95. The van der Waals surface area contributed by atoms with Crippen molar-refractivity contribution in [3.05, 3.63) is 94.8 Å². The van der Waals surface area contributed by atoms with Gasteiger partial charge in [-0.1, -0.05) is 18.2 Å². The van der Waals surface area contributed by atoms with E-state index in [-0.39, 0.29) is 23.7 Å². The Bertz CT molecular complexity index is 1060. The fraction of sp³-hybridized carbons (Fsp3) is 0.227. The van der Waals surface area contributed by atoms with E-state index in [2.05, 4.69) is 4.98 Å². The Morgan fingerprint density at radius 1 is 0.576 bits per heavy atom. The number of hydrogen-bond donors (Lipinski definition) is 0. The smallest absolute Gasteiger partial charge is 0.363 e. The Balaban J connectivity index is 2.02. The van der Waals surface area contributed by atoms with Crippen molar-refractivity contribution in [2.75, 3.05) is 4.90 Å². The van der Waals surface area contributed by atoms with E-state index in [1.807, 2.05) is 0 Å². The predicted molar refractivity (Wildman–Crippen MR) is 102 cm³/mol. The number of rotatable bonds is 5. The molecule has 0 saturated heterocycles. The lowest BCUT2D eigenvalue weighted by Gasteiger charge is -2.26. The van der Waals surface area contributed by atoms with Gasteiger partial charge in [-0.3, -0.25) is 4.98 Å². The van der Waals surface area contributed by atoms with Gasteiger partial charge < -0.3 is 4.90 Å². The van der Waals surface area contributed by atoms with Crippen LogP contribution >= 0.6 is 0 Å². The number of para-hydroxylation sites is 1. The highest BCUT2D eigenvalue weighted by Gasteiger charge is 2.37. The van der Waals surface area contributed by atoms with Gasteiger partial charge in [0.25, 0.3) is 0 Å². The molecule has 1 aromatic heterocycles. The first-order valence-corrected chi connectivity index (χ1v) is 9.33. The van der Waals surface area contributed by atoms with E-state index in [1.54, 1.807) is 30.3 Å². The maximum absolute atomic E-state index is 13.2. The fourth-order valence-corrected chi connectivity index (χ4v) is 3.16. The second-order valence-corrected chi connectivity index (χ2v) is 7.19. The Kier molecular flexibility index (Phi) is 6.62. The van der Waals surface area contributed by atoms with Gasteiger partial charge >= 0.3 is 18.5 Å². The second-order valence-electron chi connectivity index (χ2n) is 7.19. The third-order valence-corrected chi connectivity index (χ3v) is 4.64. The normalized spacial score (nSPS) is 12.6. The van der Waals surface area contributed by atoms with Gasteiger partial charge in [-0.2, -0.15) is 39.5 Å². The summed E-state index contributed by atoms with van der Waals surface area (Å²) < 4.78 is 118. The molecule has 0 spiro atoms. The lowest BCUT2D eigenvalue weighted by atomic mass is 10.0. The SMILES string of the molecule is FC(F)(F)c1cncc(CN(Cc2cc(C(F)(F)F)cc(C(F)(F)F)c2)c2ccccc2)c1. The van der Waals surface area contributed by atoms with Crippen LogP contribution in [0.2, 0.25) is 0 Å². The van der Waals surface area contributed by atoms with E-state index < -0.39 is 41.8 Å². The summed E-state index contributed by atoms with van der Waals surface area (Å²) in [5, 5.41) is 0. The molecule has 1 heterocycles. The molecule has 2 aromatic carbocycles. The van der Waals surface area contributed by atoms with Crippen LogP contribution < -0.4 is 4.90 Å². The zero-order valence-electron chi connectivity index (χ0n) is 16.6. The number of nitrogens with zero attached hydrogens (tertiary/aromatic N) is 2. The van der Waals surface area contributed by atoms with E-state index in [4.69, 9.17) is 0 Å². The Hall–Kier alpha value is -3.24. The van der Waals surface area contributed by atoms with Gasteiger partial charge in [0.05, 0.1) is 16.7 Å². The van der Waals surface area contributed by atoms with Crippen LogP contribution in [0.15, 0.2) is 67.0 Å². The van der Waals surface area contributed by atoms with Crippen molar-refractivity contribution in [2.45, 2.75) is 31.6 Å². The average molecular weight is 478 g/mol. The molecule has 0 saturated carbocycles. The lowest BCUT2D eigenvalue weighted by Crippen LogP contribution is -2.23. The summed E-state index contributed by atoms with van der Waals surface area (Å²) in [7, 11) is 0. The minimum atomic E-state index is -5.02. The molecule has 0 radical (unpaired) electrons. The molecule has 3 aromatic rings. The number of aromatic nitrogens is 1. The summed E-state index contributed by atoms with van der Waals surface area (Å²) in [6.45, 7) is -0.661. The number of pyridine rings is 1. The summed E-state index contributed by atoms with van der Waals surface area (Å²) >= 11 is 0. The third kappa shape index (κ3) is 6.39. The molecule has 2 nitrogen and oxygen atoms in total. The van der Waals surface area contributed by atoms with Crippen LogP contribution in [-0.4, -0.2) is 4.98 Å². The van der Waals surface area contributed by atoms with Gasteiger partial charge in [-0.05, 0) is 47.5 Å². The van der Waals surface area contributed by atoms with Gasteiger partial charge in [-0.25, -0.2) is 0 Å². The standard InChI is InChI=1S/C22H15F9N2/c23-20(24,25)16-6-14(7-17(9-16)21(26,27)28)12-33(19-4-2-1-3-5-19)13-15-8-18(11-32-10-15)22(29,30)31/h1-11H,12-13H2. The minimum absolute atomic E-state index is 0.0209. The monoisotopic (exact) mass is 478 g/mol. The molecule has 0 fully saturated rings. The predicted octanol–water partition coefficient (Wildman–Crippen LogP) is 7.34. The molecule has 0 aliphatic heterocycles. The first-order valence-electron chi connectivity index (χ1n) is 9.33. The Labute approximate surface area is 182 Å². The molecule has 176 valence electrons. The zero-order valence-corrected chi connectivity index (χ0v) is 16.6. The first kappa shape index (κ1) is 24.4. The first-order chi connectivity index (χ1) is 15.2. The lowest BCUT2D eigenvalue weighted by molar-refractivity contribution is -0.143. The zero-order chi connectivity index (χ0) is 24.4. The number of benzene rings is 2. The average Bonchev–Trinajstić information content (AvgIpc) is 2.72. The van der Waals surface area contributed by atoms with E-state index in [1.165, 1.54) is 4.90 Å². The van der Waals surface area contributed by atoms with E-state index in [0.717, 1.165) is 12.3 Å². The number of anilines is 1. The van der Waals surface area contributed by atoms with Crippen molar-refractivity contribution >= 4 is 5.69 Å². The van der Waals surface area contributed by atoms with Crippen LogP contribution in [-0.2, 0) is 31.6 Å². The van der Waals surface area contributed by atoms with Crippen molar-refractivity contribution in [2.24, 2.45) is 0 Å². The molecule has 0 aliphatic rings. The van der Waals surface area contributed by atoms with Gasteiger partial charge in [0.2, 0.25) is 0 Å². The van der Waals surface area contributed by atoms with Crippen molar-refractivity contribution < 1.29 is 39.5 Å². The summed E-state index contributed by atoms with van der Waals surface area (Å²) in [4.78, 5) is 4.92. The molecule has 0 amide bonds. The molecule has 0 N–H and O–H groups in total. The molecule has 3 rings (SSSR count). The Morgan fingerprint density at radius 3 is 1.58 bits per heavy atom. The van der Waals surface area contributed by atoms with Crippen LogP contribution in [0.4, 0.5) is 45.2 Å². The summed E-state index contributed by atoms with van der Waals surface area (Å²) in [6.07, 6.45) is -12.9. The molecule has 0 aliphatic carbocycles. The largest absolute Gasteiger partial charge is 0.417 e. The van der Waals surface area contributed by atoms with E-state index in [0.29, 0.717) is 24.0 Å². The highest BCUT2D eigenvalue weighted by atomic mass is 19.4. The maximum atomic E-state index is 13.2. The van der Waals surface area contributed by atoms with E-state index in [9.17, 15) is 39.5 Å². The molecule has 11 heteroatoms. The van der Waals surface area contributed by atoms with Crippen molar-refractivity contribution in [3.8, 4) is 0 Å². The van der Waals surface area contributed by atoms with E-state index >= 15 is 0 Å². The highest BCUT2D eigenvalue weighted by Crippen LogP contribution is 2.37.